The molecule has 1 aromatic heterocycles. The summed E-state index contributed by atoms with van der Waals surface area (Å²) in [6.45, 7) is 6.66. The maximum absolute atomic E-state index is 5.61. The van der Waals surface area contributed by atoms with E-state index < -0.39 is 0 Å². The number of allylic oxidation sites excluding steroid dienone is 10. The first-order valence-corrected chi connectivity index (χ1v) is 11.9. The van der Waals surface area contributed by atoms with Crippen molar-refractivity contribution in [3.8, 4) is 29.4 Å². The van der Waals surface area contributed by atoms with Crippen LogP contribution in [0.15, 0.2) is 114 Å². The smallest absolute Gasteiger partial charge is 0.168 e. The second kappa shape index (κ2) is 10.8. The van der Waals surface area contributed by atoms with E-state index in [1.54, 1.807) is 0 Å². The number of terminal acetylenes is 1. The van der Waals surface area contributed by atoms with Gasteiger partial charge in [0.05, 0.1) is 0 Å². The number of hydrogen-bond acceptors (Lipinski definition) is 2. The van der Waals surface area contributed by atoms with Gasteiger partial charge in [0.25, 0.3) is 0 Å². The molecule has 3 aromatic rings. The predicted octanol–water partition coefficient (Wildman–Crippen LogP) is 7.33. The molecular formula is C32H31N3. The van der Waals surface area contributed by atoms with Crippen LogP contribution in [0.25, 0.3) is 17.1 Å². The highest BCUT2D eigenvalue weighted by Gasteiger charge is 2.17. The molecule has 0 aliphatic heterocycles. The van der Waals surface area contributed by atoms with Crippen LogP contribution in [0.1, 0.15) is 38.6 Å². The van der Waals surface area contributed by atoms with Gasteiger partial charge in [-0.05, 0) is 46.8 Å². The van der Waals surface area contributed by atoms with E-state index in [2.05, 4.69) is 114 Å². The van der Waals surface area contributed by atoms with Gasteiger partial charge < -0.3 is 0 Å². The molecule has 0 saturated heterocycles. The van der Waals surface area contributed by atoms with Crippen molar-refractivity contribution in [2.24, 2.45) is 0 Å². The first-order chi connectivity index (χ1) is 17.0. The SMILES string of the molecule is C#C/C=C(\C=C/Cc1nnc(-c2ccc(C(C)(C)C)cc2)n1-c1ccccc1)C1=CCC=CC=C1. The van der Waals surface area contributed by atoms with E-state index in [0.29, 0.717) is 6.42 Å². The molecular weight excluding hydrogens is 426 g/mol. The molecule has 0 N–H and O–H groups in total. The van der Waals surface area contributed by atoms with Crippen LogP contribution in [0.3, 0.4) is 0 Å². The Labute approximate surface area is 208 Å². The fourth-order valence-electron chi connectivity index (χ4n) is 4.01. The molecule has 3 nitrogen and oxygen atoms in total. The Morgan fingerprint density at radius 2 is 1.80 bits per heavy atom. The van der Waals surface area contributed by atoms with E-state index in [9.17, 15) is 0 Å². The van der Waals surface area contributed by atoms with Gasteiger partial charge in [-0.15, -0.1) is 16.6 Å². The third-order valence-electron chi connectivity index (χ3n) is 5.92. The Morgan fingerprint density at radius 3 is 2.51 bits per heavy atom. The lowest BCUT2D eigenvalue weighted by atomic mass is 9.86. The maximum atomic E-state index is 5.61. The first kappa shape index (κ1) is 24.0. The van der Waals surface area contributed by atoms with Crippen LogP contribution in [-0.4, -0.2) is 14.8 Å². The van der Waals surface area contributed by atoms with Gasteiger partial charge in [-0.25, -0.2) is 0 Å². The molecule has 0 amide bonds. The number of rotatable bonds is 6. The van der Waals surface area contributed by atoms with Crippen LogP contribution in [0.2, 0.25) is 0 Å². The van der Waals surface area contributed by atoms with Crippen LogP contribution in [0.4, 0.5) is 0 Å². The van der Waals surface area contributed by atoms with Crippen molar-refractivity contribution in [1.29, 1.82) is 0 Å². The Balaban J connectivity index is 1.67. The van der Waals surface area contributed by atoms with Crippen molar-refractivity contribution in [2.75, 3.05) is 0 Å². The second-order valence-electron chi connectivity index (χ2n) is 9.49. The summed E-state index contributed by atoms with van der Waals surface area (Å²) in [4.78, 5) is 0. The minimum Gasteiger partial charge on any atom is -0.279 e. The van der Waals surface area contributed by atoms with Crippen molar-refractivity contribution < 1.29 is 0 Å². The maximum Gasteiger partial charge on any atom is 0.168 e. The quantitative estimate of drug-likeness (QED) is 0.286. The predicted molar refractivity (Wildman–Crippen MR) is 146 cm³/mol. The van der Waals surface area contributed by atoms with Crippen LogP contribution in [0.5, 0.6) is 0 Å². The summed E-state index contributed by atoms with van der Waals surface area (Å²) in [7, 11) is 0. The molecule has 4 rings (SSSR count). The Bertz CT molecular complexity index is 1350. The van der Waals surface area contributed by atoms with Crippen molar-refractivity contribution in [3.05, 3.63) is 126 Å². The lowest BCUT2D eigenvalue weighted by molar-refractivity contribution is 0.590. The van der Waals surface area contributed by atoms with E-state index in [0.717, 1.165) is 40.5 Å². The van der Waals surface area contributed by atoms with Crippen LogP contribution < -0.4 is 0 Å². The van der Waals surface area contributed by atoms with Gasteiger partial charge in [0.15, 0.2) is 5.82 Å². The summed E-state index contributed by atoms with van der Waals surface area (Å²) in [5.74, 6) is 4.37. The Kier molecular flexibility index (Phi) is 7.43. The molecule has 0 unspecified atom stereocenters. The standard InChI is InChI=1S/C32H31N3/c1-5-14-25(26-15-9-6-7-10-16-26)17-13-20-30-33-34-31(35(30)29-18-11-8-12-19-29)27-21-23-28(24-22-27)32(2,3)4/h1,6-9,11-19,21-24H,10,20H2,2-4H3/b17-13-,25-14+. The van der Waals surface area contributed by atoms with Crippen LogP contribution >= 0.6 is 0 Å². The lowest BCUT2D eigenvalue weighted by Crippen LogP contribution is -2.10. The summed E-state index contributed by atoms with van der Waals surface area (Å²) in [5, 5.41) is 9.17. The number of benzene rings is 2. The Morgan fingerprint density at radius 1 is 1.03 bits per heavy atom. The molecule has 0 atom stereocenters. The zero-order valence-electron chi connectivity index (χ0n) is 20.6. The van der Waals surface area contributed by atoms with E-state index >= 15 is 0 Å². The number of aromatic nitrogens is 3. The molecule has 1 aliphatic carbocycles. The van der Waals surface area contributed by atoms with Gasteiger partial charge >= 0.3 is 0 Å². The molecule has 0 saturated carbocycles. The lowest BCUT2D eigenvalue weighted by Gasteiger charge is -2.19. The molecule has 0 bridgehead atoms. The summed E-state index contributed by atoms with van der Waals surface area (Å²) in [6.07, 6.45) is 23.6. The highest BCUT2D eigenvalue weighted by Crippen LogP contribution is 2.28. The Hall–Kier alpha value is -4.16. The molecule has 1 heterocycles. The van der Waals surface area contributed by atoms with Gasteiger partial charge in [0, 0.05) is 17.7 Å². The van der Waals surface area contributed by atoms with Crippen molar-refractivity contribution >= 4 is 0 Å². The van der Waals surface area contributed by atoms with E-state index in [-0.39, 0.29) is 5.41 Å². The summed E-state index contributed by atoms with van der Waals surface area (Å²) < 4.78 is 2.13. The number of nitrogens with zero attached hydrogens (tertiary/aromatic N) is 3. The average Bonchev–Trinajstić information content (AvgIpc) is 3.09. The summed E-state index contributed by atoms with van der Waals surface area (Å²) in [5.41, 5.74) is 5.60. The molecule has 0 fully saturated rings. The van der Waals surface area contributed by atoms with Crippen molar-refractivity contribution in [1.82, 2.24) is 14.8 Å². The fourth-order valence-corrected chi connectivity index (χ4v) is 4.01. The molecule has 2 aromatic carbocycles. The summed E-state index contributed by atoms with van der Waals surface area (Å²) in [6, 6.07) is 18.9. The van der Waals surface area contributed by atoms with Crippen molar-refractivity contribution in [2.45, 2.75) is 39.0 Å². The van der Waals surface area contributed by atoms with Crippen LogP contribution in [-0.2, 0) is 11.8 Å². The third kappa shape index (κ3) is 5.86. The third-order valence-corrected chi connectivity index (χ3v) is 5.92. The molecule has 0 spiro atoms. The highest BCUT2D eigenvalue weighted by molar-refractivity contribution is 5.60. The molecule has 35 heavy (non-hydrogen) atoms. The minimum absolute atomic E-state index is 0.100. The van der Waals surface area contributed by atoms with Gasteiger partial charge in [-0.2, -0.15) is 0 Å². The van der Waals surface area contributed by atoms with Gasteiger partial charge in [0.2, 0.25) is 0 Å². The van der Waals surface area contributed by atoms with E-state index in [4.69, 9.17) is 6.42 Å². The highest BCUT2D eigenvalue weighted by atomic mass is 15.3. The fraction of sp³-hybridized carbons (Fsp3) is 0.188. The number of para-hydroxylation sites is 1. The van der Waals surface area contributed by atoms with E-state index in [1.165, 1.54) is 5.56 Å². The van der Waals surface area contributed by atoms with E-state index in [1.807, 2.05) is 30.4 Å². The van der Waals surface area contributed by atoms with Crippen molar-refractivity contribution in [3.63, 3.8) is 0 Å². The topological polar surface area (TPSA) is 30.7 Å². The average molecular weight is 458 g/mol. The minimum atomic E-state index is 0.100. The molecule has 174 valence electrons. The zero-order chi connectivity index (χ0) is 24.7. The molecule has 1 aliphatic rings. The summed E-state index contributed by atoms with van der Waals surface area (Å²) >= 11 is 0. The van der Waals surface area contributed by atoms with Gasteiger partial charge in [-0.3, -0.25) is 4.57 Å². The second-order valence-corrected chi connectivity index (χ2v) is 9.49. The first-order valence-electron chi connectivity index (χ1n) is 11.9. The number of hydrogen-bond donors (Lipinski definition) is 0. The zero-order valence-corrected chi connectivity index (χ0v) is 20.6. The van der Waals surface area contributed by atoms with Crippen LogP contribution in [0, 0.1) is 12.3 Å². The monoisotopic (exact) mass is 457 g/mol. The molecule has 0 radical (unpaired) electrons. The van der Waals surface area contributed by atoms with Gasteiger partial charge in [-0.1, -0.05) is 112 Å². The normalized spacial score (nSPS) is 14.1. The molecule has 3 heteroatoms. The van der Waals surface area contributed by atoms with Gasteiger partial charge in [0.1, 0.15) is 5.82 Å². The largest absolute Gasteiger partial charge is 0.279 e.